The van der Waals surface area contributed by atoms with Crippen LogP contribution in [0, 0.1) is 6.92 Å². The summed E-state index contributed by atoms with van der Waals surface area (Å²) < 4.78 is 26.2. The Kier molecular flexibility index (Phi) is 3.97. The predicted molar refractivity (Wildman–Crippen MR) is 89.8 cm³/mol. The van der Waals surface area contributed by atoms with Crippen LogP contribution in [0.15, 0.2) is 46.8 Å². The highest BCUT2D eigenvalue weighted by Gasteiger charge is 2.19. The molecule has 2 heterocycles. The molecule has 6 nitrogen and oxygen atoms in total. The smallest absolute Gasteiger partial charge is 0.268 e. The number of hydrogen-bond acceptors (Lipinski definition) is 4. The number of thiophene rings is 1. The molecule has 8 heteroatoms. The molecule has 23 heavy (non-hydrogen) atoms. The molecule has 1 amide bonds. The predicted octanol–water partition coefficient (Wildman–Crippen LogP) is 2.17. The lowest BCUT2D eigenvalue weighted by atomic mass is 10.2. The zero-order chi connectivity index (χ0) is 16.6. The van der Waals surface area contributed by atoms with Gasteiger partial charge in [-0.25, -0.2) is 8.42 Å². The van der Waals surface area contributed by atoms with Gasteiger partial charge in [0.05, 0.1) is 5.56 Å². The summed E-state index contributed by atoms with van der Waals surface area (Å²) in [6.07, 6.45) is 1.67. The molecule has 2 aromatic heterocycles. The molecule has 0 aliphatic rings. The molecule has 0 radical (unpaired) electrons. The lowest BCUT2D eigenvalue weighted by molar-refractivity contribution is 0.0946. The highest BCUT2D eigenvalue weighted by atomic mass is 32.2. The molecule has 0 unspecified atom stereocenters. The van der Waals surface area contributed by atoms with Crippen LogP contribution >= 0.6 is 11.3 Å². The lowest BCUT2D eigenvalue weighted by Gasteiger charge is -2.06. The Bertz CT molecular complexity index is 986. The summed E-state index contributed by atoms with van der Waals surface area (Å²) in [5.41, 5.74) is 3.58. The van der Waals surface area contributed by atoms with E-state index in [1.165, 1.54) is 6.07 Å². The number of carbonyl (C=O) groups excluding carboxylic acids is 1. The van der Waals surface area contributed by atoms with Gasteiger partial charge in [-0.15, -0.1) is 16.2 Å². The Morgan fingerprint density at radius 2 is 1.91 bits per heavy atom. The van der Waals surface area contributed by atoms with E-state index in [0.29, 0.717) is 5.56 Å². The summed E-state index contributed by atoms with van der Waals surface area (Å²) in [5, 5.41) is 0.763. The second kappa shape index (κ2) is 5.80. The number of sulfonamides is 1. The van der Waals surface area contributed by atoms with E-state index in [-0.39, 0.29) is 4.21 Å². The molecule has 0 saturated carbocycles. The van der Waals surface area contributed by atoms with Crippen LogP contribution in [0.1, 0.15) is 15.2 Å². The first-order valence-electron chi connectivity index (χ1n) is 6.81. The van der Waals surface area contributed by atoms with Crippen molar-refractivity contribution in [2.45, 2.75) is 11.1 Å². The molecular formula is C15H15N3O3S2. The minimum Gasteiger partial charge on any atom is -0.350 e. The number of aromatic nitrogens is 1. The number of nitrogens with one attached hydrogen (secondary N) is 2. The first-order valence-corrected chi connectivity index (χ1v) is 9.11. The minimum atomic E-state index is -3.76. The number of amides is 1. The van der Waals surface area contributed by atoms with E-state index >= 15 is 0 Å². The van der Waals surface area contributed by atoms with Gasteiger partial charge in [0.1, 0.15) is 4.21 Å². The third kappa shape index (κ3) is 3.00. The van der Waals surface area contributed by atoms with Crippen LogP contribution in [0.2, 0.25) is 0 Å². The average Bonchev–Trinajstić information content (AvgIpc) is 3.10. The Labute approximate surface area is 137 Å². The second-order valence-electron chi connectivity index (χ2n) is 5.10. The van der Waals surface area contributed by atoms with Gasteiger partial charge >= 0.3 is 0 Å². The molecule has 0 bridgehead atoms. The van der Waals surface area contributed by atoms with E-state index in [0.717, 1.165) is 27.1 Å². The van der Waals surface area contributed by atoms with Crippen molar-refractivity contribution in [2.75, 3.05) is 0 Å². The van der Waals surface area contributed by atoms with Gasteiger partial charge in [-0.1, -0.05) is 18.2 Å². The molecule has 0 aliphatic heterocycles. The lowest BCUT2D eigenvalue weighted by Crippen LogP contribution is -2.41. The van der Waals surface area contributed by atoms with Crippen molar-refractivity contribution in [3.05, 3.63) is 53.0 Å². The molecule has 3 aromatic rings. The molecule has 3 rings (SSSR count). The summed E-state index contributed by atoms with van der Waals surface area (Å²) >= 11 is 1.14. The quantitative estimate of drug-likeness (QED) is 0.709. The first-order chi connectivity index (χ1) is 10.9. The number of carbonyl (C=O) groups is 1. The molecule has 1 aromatic carbocycles. The molecule has 0 atom stereocenters. The van der Waals surface area contributed by atoms with Gasteiger partial charge in [-0.05, 0) is 25.1 Å². The molecule has 0 saturated heterocycles. The maximum Gasteiger partial charge on any atom is 0.268 e. The number of nitrogens with zero attached hydrogens (tertiary/aromatic N) is 1. The van der Waals surface area contributed by atoms with E-state index in [2.05, 4.69) is 10.3 Å². The average molecular weight is 349 g/mol. The van der Waals surface area contributed by atoms with Crippen LogP contribution in [0.25, 0.3) is 10.9 Å². The number of fused-ring (bicyclic) bond motifs is 1. The largest absolute Gasteiger partial charge is 0.350 e. The van der Waals surface area contributed by atoms with Crippen molar-refractivity contribution in [3.8, 4) is 0 Å². The Morgan fingerprint density at radius 3 is 2.61 bits per heavy atom. The fourth-order valence-electron chi connectivity index (χ4n) is 2.31. The molecule has 120 valence electrons. The fourth-order valence-corrected chi connectivity index (χ4v) is 4.43. The number of benzene rings is 1. The standard InChI is InChI=1S/C15H15N3O3S2/c1-10-7-8-14(22-10)23(20,21)17-16-15(19)12-9-18(2)13-6-4-3-5-11(12)13/h3-9,17H,1-2H3,(H,16,19). The summed E-state index contributed by atoms with van der Waals surface area (Å²) in [6, 6.07) is 10.6. The van der Waals surface area contributed by atoms with Gasteiger partial charge < -0.3 is 4.57 Å². The number of aryl methyl sites for hydroxylation is 2. The third-order valence-corrected chi connectivity index (χ3v) is 6.16. The number of rotatable bonds is 4. The van der Waals surface area contributed by atoms with E-state index in [4.69, 9.17) is 0 Å². The van der Waals surface area contributed by atoms with Gasteiger partial charge in [0.2, 0.25) is 0 Å². The summed E-state index contributed by atoms with van der Waals surface area (Å²) in [5.74, 6) is -0.501. The summed E-state index contributed by atoms with van der Waals surface area (Å²) in [6.45, 7) is 1.82. The van der Waals surface area contributed by atoms with Crippen LogP contribution < -0.4 is 10.3 Å². The van der Waals surface area contributed by atoms with Crippen molar-refractivity contribution in [1.82, 2.24) is 14.8 Å². The minimum absolute atomic E-state index is 0.160. The van der Waals surface area contributed by atoms with Crippen molar-refractivity contribution in [1.29, 1.82) is 0 Å². The van der Waals surface area contributed by atoms with Gasteiger partial charge in [-0.2, -0.15) is 0 Å². The maximum atomic E-state index is 12.3. The molecular weight excluding hydrogens is 334 g/mol. The van der Waals surface area contributed by atoms with E-state index in [1.54, 1.807) is 12.3 Å². The third-order valence-electron chi connectivity index (χ3n) is 3.42. The monoisotopic (exact) mass is 349 g/mol. The topological polar surface area (TPSA) is 80.2 Å². The second-order valence-corrected chi connectivity index (χ2v) is 8.29. The fraction of sp³-hybridized carbons (Fsp3) is 0.133. The van der Waals surface area contributed by atoms with Crippen molar-refractivity contribution < 1.29 is 13.2 Å². The van der Waals surface area contributed by atoms with E-state index in [9.17, 15) is 13.2 Å². The van der Waals surface area contributed by atoms with Gasteiger partial charge in [0, 0.05) is 29.0 Å². The summed E-state index contributed by atoms with van der Waals surface area (Å²) in [7, 11) is -1.93. The van der Waals surface area contributed by atoms with E-state index < -0.39 is 15.9 Å². The van der Waals surface area contributed by atoms with Crippen LogP contribution in [0.4, 0.5) is 0 Å². The highest BCUT2D eigenvalue weighted by molar-refractivity contribution is 7.91. The number of hydrazine groups is 1. The maximum absolute atomic E-state index is 12.3. The van der Waals surface area contributed by atoms with Crippen LogP contribution in [0.3, 0.4) is 0 Å². The molecule has 2 N–H and O–H groups in total. The summed E-state index contributed by atoms with van der Waals surface area (Å²) in [4.78, 5) is 15.3. The van der Waals surface area contributed by atoms with Gasteiger partial charge in [-0.3, -0.25) is 10.2 Å². The van der Waals surface area contributed by atoms with Crippen LogP contribution in [-0.2, 0) is 17.1 Å². The Morgan fingerprint density at radius 1 is 1.17 bits per heavy atom. The van der Waals surface area contributed by atoms with E-state index in [1.807, 2.05) is 42.8 Å². The SMILES string of the molecule is Cc1ccc(S(=O)(=O)NNC(=O)c2cn(C)c3ccccc23)s1. The van der Waals surface area contributed by atoms with Gasteiger partial charge in [0.25, 0.3) is 15.9 Å². The number of para-hydroxylation sites is 1. The molecule has 0 fully saturated rings. The highest BCUT2D eigenvalue weighted by Crippen LogP contribution is 2.21. The normalized spacial score (nSPS) is 11.7. The van der Waals surface area contributed by atoms with Crippen molar-refractivity contribution >= 4 is 38.2 Å². The zero-order valence-electron chi connectivity index (χ0n) is 12.5. The molecule has 0 aliphatic carbocycles. The number of hydrogen-bond donors (Lipinski definition) is 2. The van der Waals surface area contributed by atoms with Crippen LogP contribution in [0.5, 0.6) is 0 Å². The zero-order valence-corrected chi connectivity index (χ0v) is 14.2. The van der Waals surface area contributed by atoms with Crippen molar-refractivity contribution in [2.24, 2.45) is 7.05 Å². The van der Waals surface area contributed by atoms with Gasteiger partial charge in [0.15, 0.2) is 0 Å². The Balaban J connectivity index is 1.82. The first kappa shape index (κ1) is 15.7. The van der Waals surface area contributed by atoms with Crippen LogP contribution in [-0.4, -0.2) is 18.9 Å². The Hall–Kier alpha value is -2.16. The van der Waals surface area contributed by atoms with Crippen molar-refractivity contribution in [3.63, 3.8) is 0 Å². The molecule has 0 spiro atoms.